The maximum Gasteiger partial charge on any atom is 0.313 e. The molecule has 1 saturated heterocycles. The highest BCUT2D eigenvalue weighted by molar-refractivity contribution is 5.77. The summed E-state index contributed by atoms with van der Waals surface area (Å²) in [6, 6.07) is 0. The largest absolute Gasteiger partial charge is 0.469 e. The minimum atomic E-state index is -0.326. The molecule has 3 nitrogen and oxygen atoms in total. The molecule has 0 saturated carbocycles. The standard InChI is InChI=1S/C9H17NO2/c1-7-4-5-10-6-9(7,2)8(11)12-3/h7,10H,4-6H2,1-3H3. The Hall–Kier alpha value is -0.570. The monoisotopic (exact) mass is 171 g/mol. The van der Waals surface area contributed by atoms with Crippen molar-refractivity contribution in [2.75, 3.05) is 20.2 Å². The summed E-state index contributed by atoms with van der Waals surface area (Å²) in [5, 5.41) is 3.22. The second kappa shape index (κ2) is 3.44. The highest BCUT2D eigenvalue weighted by Gasteiger charge is 2.41. The van der Waals surface area contributed by atoms with Crippen LogP contribution in [0.1, 0.15) is 20.3 Å². The van der Waals surface area contributed by atoms with Gasteiger partial charge in [-0.3, -0.25) is 4.79 Å². The lowest BCUT2D eigenvalue weighted by Crippen LogP contribution is -2.49. The van der Waals surface area contributed by atoms with Crippen molar-refractivity contribution in [3.8, 4) is 0 Å². The van der Waals surface area contributed by atoms with Crippen molar-refractivity contribution in [2.24, 2.45) is 11.3 Å². The second-order valence-electron chi connectivity index (χ2n) is 3.78. The van der Waals surface area contributed by atoms with Gasteiger partial charge in [0, 0.05) is 6.54 Å². The Labute approximate surface area is 73.5 Å². The predicted molar refractivity (Wildman–Crippen MR) is 46.8 cm³/mol. The number of hydrogen-bond donors (Lipinski definition) is 1. The zero-order valence-corrected chi connectivity index (χ0v) is 8.02. The van der Waals surface area contributed by atoms with Gasteiger partial charge in [0.15, 0.2) is 0 Å². The number of nitrogens with one attached hydrogen (secondary N) is 1. The number of methoxy groups -OCH3 is 1. The topological polar surface area (TPSA) is 38.3 Å². The van der Waals surface area contributed by atoms with Crippen molar-refractivity contribution in [1.82, 2.24) is 5.32 Å². The molecule has 1 rings (SSSR count). The van der Waals surface area contributed by atoms with Gasteiger partial charge >= 0.3 is 5.97 Å². The van der Waals surface area contributed by atoms with Gasteiger partial charge in [0.2, 0.25) is 0 Å². The zero-order valence-electron chi connectivity index (χ0n) is 8.02. The average molecular weight is 171 g/mol. The highest BCUT2D eigenvalue weighted by atomic mass is 16.5. The Morgan fingerprint density at radius 2 is 2.33 bits per heavy atom. The highest BCUT2D eigenvalue weighted by Crippen LogP contribution is 2.32. The maximum atomic E-state index is 11.4. The van der Waals surface area contributed by atoms with Crippen molar-refractivity contribution in [3.63, 3.8) is 0 Å². The molecule has 1 aliphatic rings. The molecule has 1 heterocycles. The number of carbonyl (C=O) groups excluding carboxylic acids is 1. The zero-order chi connectivity index (χ0) is 9.19. The van der Waals surface area contributed by atoms with Gasteiger partial charge in [-0.25, -0.2) is 0 Å². The minimum Gasteiger partial charge on any atom is -0.469 e. The lowest BCUT2D eigenvalue weighted by Gasteiger charge is -2.37. The molecule has 2 atom stereocenters. The molecule has 0 spiro atoms. The molecule has 12 heavy (non-hydrogen) atoms. The molecule has 2 unspecified atom stereocenters. The number of carbonyl (C=O) groups is 1. The van der Waals surface area contributed by atoms with Crippen LogP contribution in [0.15, 0.2) is 0 Å². The third-order valence-corrected chi connectivity index (χ3v) is 2.99. The van der Waals surface area contributed by atoms with Crippen LogP contribution in [-0.4, -0.2) is 26.2 Å². The summed E-state index contributed by atoms with van der Waals surface area (Å²) in [6.45, 7) is 5.82. The summed E-state index contributed by atoms with van der Waals surface area (Å²) < 4.78 is 4.78. The molecule has 1 aliphatic heterocycles. The number of ether oxygens (including phenoxy) is 1. The molecule has 70 valence electrons. The van der Waals surface area contributed by atoms with Crippen molar-refractivity contribution < 1.29 is 9.53 Å². The molecule has 1 N–H and O–H groups in total. The number of esters is 1. The Morgan fingerprint density at radius 3 is 2.83 bits per heavy atom. The Morgan fingerprint density at radius 1 is 1.67 bits per heavy atom. The number of rotatable bonds is 1. The first-order valence-corrected chi connectivity index (χ1v) is 4.40. The molecule has 0 aromatic heterocycles. The van der Waals surface area contributed by atoms with E-state index in [4.69, 9.17) is 4.74 Å². The Balaban J connectivity index is 2.72. The van der Waals surface area contributed by atoms with Crippen LogP contribution in [0.3, 0.4) is 0 Å². The van der Waals surface area contributed by atoms with Crippen LogP contribution in [0.4, 0.5) is 0 Å². The smallest absolute Gasteiger partial charge is 0.313 e. The van der Waals surface area contributed by atoms with Crippen LogP contribution in [0.2, 0.25) is 0 Å². The van der Waals surface area contributed by atoms with E-state index in [9.17, 15) is 4.79 Å². The van der Waals surface area contributed by atoms with Gasteiger partial charge in [0.1, 0.15) is 0 Å². The van der Waals surface area contributed by atoms with E-state index in [1.54, 1.807) is 0 Å². The average Bonchev–Trinajstić information content (AvgIpc) is 2.09. The van der Waals surface area contributed by atoms with E-state index in [2.05, 4.69) is 12.2 Å². The molecular formula is C9H17NO2. The Bertz CT molecular complexity index is 181. The SMILES string of the molecule is COC(=O)C1(C)CNCCC1C. The van der Waals surface area contributed by atoms with Gasteiger partial charge < -0.3 is 10.1 Å². The normalized spacial score (nSPS) is 36.1. The summed E-state index contributed by atoms with van der Waals surface area (Å²) in [5.74, 6) is 0.313. The fraction of sp³-hybridized carbons (Fsp3) is 0.889. The van der Waals surface area contributed by atoms with Gasteiger partial charge in [-0.05, 0) is 25.8 Å². The van der Waals surface area contributed by atoms with E-state index in [0.717, 1.165) is 19.5 Å². The van der Waals surface area contributed by atoms with E-state index < -0.39 is 0 Å². The third kappa shape index (κ3) is 1.46. The first-order chi connectivity index (χ1) is 5.61. The third-order valence-electron chi connectivity index (χ3n) is 2.99. The number of piperidine rings is 1. The van der Waals surface area contributed by atoms with Crippen LogP contribution in [0.5, 0.6) is 0 Å². The first kappa shape index (κ1) is 9.52. The predicted octanol–water partition coefficient (Wildman–Crippen LogP) is 0.795. The van der Waals surface area contributed by atoms with E-state index in [-0.39, 0.29) is 11.4 Å². The quantitative estimate of drug-likeness (QED) is 0.593. The van der Waals surface area contributed by atoms with Gasteiger partial charge in [-0.2, -0.15) is 0 Å². The summed E-state index contributed by atoms with van der Waals surface area (Å²) in [5.41, 5.74) is -0.326. The van der Waals surface area contributed by atoms with E-state index in [1.165, 1.54) is 7.11 Å². The summed E-state index contributed by atoms with van der Waals surface area (Å²) in [6.07, 6.45) is 1.05. The van der Waals surface area contributed by atoms with Gasteiger partial charge in [0.05, 0.1) is 12.5 Å². The first-order valence-electron chi connectivity index (χ1n) is 4.40. The summed E-state index contributed by atoms with van der Waals surface area (Å²) in [4.78, 5) is 11.4. The molecule has 0 bridgehead atoms. The van der Waals surface area contributed by atoms with Gasteiger partial charge in [-0.15, -0.1) is 0 Å². The fourth-order valence-electron chi connectivity index (χ4n) is 1.67. The number of hydrogen-bond acceptors (Lipinski definition) is 3. The van der Waals surface area contributed by atoms with Crippen LogP contribution in [-0.2, 0) is 9.53 Å². The van der Waals surface area contributed by atoms with Crippen molar-refractivity contribution in [3.05, 3.63) is 0 Å². The lowest BCUT2D eigenvalue weighted by atomic mass is 9.74. The van der Waals surface area contributed by atoms with Gasteiger partial charge in [0.25, 0.3) is 0 Å². The van der Waals surface area contributed by atoms with Crippen molar-refractivity contribution in [2.45, 2.75) is 20.3 Å². The molecule has 1 fully saturated rings. The molecule has 0 aromatic rings. The molecule has 0 amide bonds. The van der Waals surface area contributed by atoms with Crippen molar-refractivity contribution in [1.29, 1.82) is 0 Å². The second-order valence-corrected chi connectivity index (χ2v) is 3.78. The van der Waals surface area contributed by atoms with Crippen molar-refractivity contribution >= 4 is 5.97 Å². The molecule has 0 aromatic carbocycles. The summed E-state index contributed by atoms with van der Waals surface area (Å²) >= 11 is 0. The van der Waals surface area contributed by atoms with Gasteiger partial charge in [-0.1, -0.05) is 6.92 Å². The Kier molecular flexibility index (Phi) is 2.73. The van der Waals surface area contributed by atoms with Crippen LogP contribution < -0.4 is 5.32 Å². The van der Waals surface area contributed by atoms with Crippen LogP contribution >= 0.6 is 0 Å². The maximum absolute atomic E-state index is 11.4. The lowest BCUT2D eigenvalue weighted by molar-refractivity contribution is -0.155. The molecule has 0 radical (unpaired) electrons. The fourth-order valence-corrected chi connectivity index (χ4v) is 1.67. The molecule has 0 aliphatic carbocycles. The minimum absolute atomic E-state index is 0.0952. The molecule has 3 heteroatoms. The van der Waals surface area contributed by atoms with E-state index >= 15 is 0 Å². The van der Waals surface area contributed by atoms with E-state index in [1.807, 2.05) is 6.92 Å². The summed E-state index contributed by atoms with van der Waals surface area (Å²) in [7, 11) is 1.45. The van der Waals surface area contributed by atoms with Crippen LogP contribution in [0.25, 0.3) is 0 Å². The van der Waals surface area contributed by atoms with E-state index in [0.29, 0.717) is 5.92 Å². The van der Waals surface area contributed by atoms with Crippen LogP contribution in [0, 0.1) is 11.3 Å². The molecular weight excluding hydrogens is 154 g/mol.